The van der Waals surface area contributed by atoms with Crippen LogP contribution in [0.25, 0.3) is 11.0 Å². The summed E-state index contributed by atoms with van der Waals surface area (Å²) < 4.78 is 3.75. The van der Waals surface area contributed by atoms with E-state index >= 15 is 0 Å². The van der Waals surface area contributed by atoms with E-state index in [2.05, 4.69) is 45.7 Å². The predicted octanol–water partition coefficient (Wildman–Crippen LogP) is 2.11. The van der Waals surface area contributed by atoms with E-state index in [1.54, 1.807) is 29.1 Å². The third-order valence-electron chi connectivity index (χ3n) is 7.82. The number of hydrogen-bond donors (Lipinski definition) is 1. The Balaban J connectivity index is 1.30. The lowest BCUT2D eigenvalue weighted by atomic mass is 10.1. The number of pyridine rings is 1. The van der Waals surface area contributed by atoms with E-state index in [0.717, 1.165) is 50.0 Å². The molecule has 0 aliphatic carbocycles. The van der Waals surface area contributed by atoms with Gasteiger partial charge in [0.2, 0.25) is 11.9 Å². The number of nitrogens with zero attached hydrogens (tertiary/aromatic N) is 8. The number of rotatable bonds is 8. The van der Waals surface area contributed by atoms with Crippen molar-refractivity contribution in [1.29, 1.82) is 0 Å². The summed E-state index contributed by atoms with van der Waals surface area (Å²) in [5, 5.41) is 8.64. The van der Waals surface area contributed by atoms with Crippen LogP contribution in [0.5, 0.6) is 0 Å². The molecule has 5 heterocycles. The van der Waals surface area contributed by atoms with Crippen LogP contribution in [-0.2, 0) is 11.3 Å². The lowest BCUT2D eigenvalue weighted by Gasteiger charge is -2.41. The van der Waals surface area contributed by atoms with Gasteiger partial charge >= 0.3 is 0 Å². The highest BCUT2D eigenvalue weighted by atomic mass is 16.2. The highest BCUT2D eigenvalue weighted by Crippen LogP contribution is 2.23. The highest BCUT2D eigenvalue weighted by molar-refractivity contribution is 5.87. The van der Waals surface area contributed by atoms with Crippen molar-refractivity contribution in [2.75, 3.05) is 51.6 Å². The van der Waals surface area contributed by atoms with Gasteiger partial charge in [0.15, 0.2) is 0 Å². The molecule has 2 saturated heterocycles. The molecule has 3 aromatic heterocycles. The fourth-order valence-corrected chi connectivity index (χ4v) is 5.47. The number of nitrogens with one attached hydrogen (secondary N) is 1. The molecule has 0 bridgehead atoms. The second kappa shape index (κ2) is 11.4. The van der Waals surface area contributed by atoms with Crippen LogP contribution in [0.4, 0.5) is 11.6 Å². The Morgan fingerprint density at radius 1 is 1.16 bits per heavy atom. The second-order valence-electron chi connectivity index (χ2n) is 10.3. The summed E-state index contributed by atoms with van der Waals surface area (Å²) >= 11 is 0. The standard InChI is InChI=1S/C27H37N9O2/c1-4-22-19-34(24(37)5-2)13-12-33(22)14-15-35-25(38)7-6-20-16-28-27(31-26(20)35)30-21-17-29-36(18-21)23-8-10-32(3)11-9-23/h5-7,16-18,22-23H,2,4,8-15,19H2,1,3H3,(H,28,30,31)/t22-/m0/s1. The molecular weight excluding hydrogens is 482 g/mol. The molecule has 3 aromatic rings. The van der Waals surface area contributed by atoms with Crippen molar-refractivity contribution in [3.63, 3.8) is 0 Å². The van der Waals surface area contributed by atoms with Crippen LogP contribution in [0.2, 0.25) is 0 Å². The second-order valence-corrected chi connectivity index (χ2v) is 10.3. The number of piperidine rings is 1. The summed E-state index contributed by atoms with van der Waals surface area (Å²) in [6.45, 7) is 11.2. The van der Waals surface area contributed by atoms with Gasteiger partial charge in [-0.2, -0.15) is 10.1 Å². The smallest absolute Gasteiger partial charge is 0.252 e. The Morgan fingerprint density at radius 2 is 1.97 bits per heavy atom. The van der Waals surface area contributed by atoms with E-state index in [-0.39, 0.29) is 17.5 Å². The van der Waals surface area contributed by atoms with E-state index in [0.29, 0.717) is 43.8 Å². The number of carbonyl (C=O) groups excluding carboxylic acids is 1. The molecule has 2 fully saturated rings. The average Bonchev–Trinajstić information content (AvgIpc) is 3.40. The van der Waals surface area contributed by atoms with Crippen LogP contribution in [0.15, 0.2) is 48.2 Å². The Hall–Kier alpha value is -3.57. The van der Waals surface area contributed by atoms with Crippen molar-refractivity contribution < 1.29 is 4.79 Å². The van der Waals surface area contributed by atoms with Crippen molar-refractivity contribution in [3.05, 3.63) is 53.7 Å². The summed E-state index contributed by atoms with van der Waals surface area (Å²) in [6, 6.07) is 3.98. The Morgan fingerprint density at radius 3 is 2.74 bits per heavy atom. The summed E-state index contributed by atoms with van der Waals surface area (Å²) in [4.78, 5) is 40.7. The van der Waals surface area contributed by atoms with E-state index in [1.807, 2.05) is 15.8 Å². The first-order valence-electron chi connectivity index (χ1n) is 13.5. The van der Waals surface area contributed by atoms with Crippen LogP contribution in [-0.4, -0.2) is 97.3 Å². The van der Waals surface area contributed by atoms with Crippen molar-refractivity contribution >= 4 is 28.6 Å². The van der Waals surface area contributed by atoms with Gasteiger partial charge in [0, 0.05) is 62.6 Å². The van der Waals surface area contributed by atoms with Crippen LogP contribution < -0.4 is 10.9 Å². The molecule has 11 heteroatoms. The maximum absolute atomic E-state index is 12.9. The first-order chi connectivity index (χ1) is 18.4. The van der Waals surface area contributed by atoms with Gasteiger partial charge in [0.1, 0.15) is 5.65 Å². The molecule has 2 aliphatic rings. The van der Waals surface area contributed by atoms with Gasteiger partial charge < -0.3 is 15.1 Å². The molecule has 202 valence electrons. The quantitative estimate of drug-likeness (QED) is 0.452. The maximum Gasteiger partial charge on any atom is 0.252 e. The molecule has 11 nitrogen and oxygen atoms in total. The van der Waals surface area contributed by atoms with E-state index in [4.69, 9.17) is 4.98 Å². The number of aromatic nitrogens is 5. The van der Waals surface area contributed by atoms with Crippen LogP contribution in [0.3, 0.4) is 0 Å². The Kier molecular flexibility index (Phi) is 7.85. The van der Waals surface area contributed by atoms with Crippen LogP contribution in [0.1, 0.15) is 32.2 Å². The van der Waals surface area contributed by atoms with Gasteiger partial charge in [0.25, 0.3) is 5.56 Å². The third kappa shape index (κ3) is 5.63. The summed E-state index contributed by atoms with van der Waals surface area (Å²) in [6.07, 6.45) is 10.0. The van der Waals surface area contributed by atoms with Gasteiger partial charge in [0.05, 0.1) is 17.9 Å². The van der Waals surface area contributed by atoms with Gasteiger partial charge in [-0.15, -0.1) is 0 Å². The van der Waals surface area contributed by atoms with Crippen LogP contribution in [0, 0.1) is 0 Å². The molecule has 1 amide bonds. The van der Waals surface area contributed by atoms with Gasteiger partial charge in [-0.1, -0.05) is 13.5 Å². The molecule has 0 unspecified atom stereocenters. The molecule has 38 heavy (non-hydrogen) atoms. The van der Waals surface area contributed by atoms with Crippen molar-refractivity contribution in [1.82, 2.24) is 39.0 Å². The number of fused-ring (bicyclic) bond motifs is 1. The maximum atomic E-state index is 12.9. The molecule has 1 N–H and O–H groups in total. The van der Waals surface area contributed by atoms with E-state index < -0.39 is 0 Å². The average molecular weight is 520 g/mol. The number of carbonyl (C=O) groups is 1. The fraction of sp³-hybridized carbons (Fsp3) is 0.519. The molecule has 0 saturated carbocycles. The van der Waals surface area contributed by atoms with Gasteiger partial charge in [-0.25, -0.2) is 4.98 Å². The van der Waals surface area contributed by atoms with Crippen molar-refractivity contribution in [3.8, 4) is 0 Å². The normalized spacial score (nSPS) is 19.6. The Labute approximate surface area is 222 Å². The number of likely N-dealkylation sites (tertiary alicyclic amines) is 1. The van der Waals surface area contributed by atoms with E-state index in [1.165, 1.54) is 6.08 Å². The zero-order valence-electron chi connectivity index (χ0n) is 22.3. The summed E-state index contributed by atoms with van der Waals surface area (Å²) in [5.41, 5.74) is 1.34. The molecule has 0 radical (unpaired) electrons. The minimum Gasteiger partial charge on any atom is -0.336 e. The minimum atomic E-state index is -0.0919. The predicted molar refractivity (Wildman–Crippen MR) is 148 cm³/mol. The Bertz CT molecular complexity index is 1340. The number of amides is 1. The molecule has 0 spiro atoms. The van der Waals surface area contributed by atoms with Gasteiger partial charge in [-0.3, -0.25) is 23.7 Å². The zero-order chi connectivity index (χ0) is 26.6. The first-order valence-corrected chi connectivity index (χ1v) is 13.5. The topological polar surface area (TPSA) is 104 Å². The van der Waals surface area contributed by atoms with Crippen molar-refractivity contribution in [2.45, 2.75) is 44.8 Å². The van der Waals surface area contributed by atoms with E-state index in [9.17, 15) is 9.59 Å². The molecule has 0 aromatic carbocycles. The first kappa shape index (κ1) is 26.1. The monoisotopic (exact) mass is 519 g/mol. The molecule has 5 rings (SSSR count). The lowest BCUT2D eigenvalue weighted by molar-refractivity contribution is -0.129. The summed E-state index contributed by atoms with van der Waals surface area (Å²) in [5.74, 6) is 0.407. The molecular formula is C27H37N9O2. The number of anilines is 2. The SMILES string of the molecule is C=CC(=O)N1CCN(CCn2c(=O)ccc3cnc(Nc4cnn(C5CCN(C)CC5)c4)nc32)[C@@H](CC)C1. The fourth-order valence-electron chi connectivity index (χ4n) is 5.47. The van der Waals surface area contributed by atoms with Gasteiger partial charge in [-0.05, 0) is 51.5 Å². The minimum absolute atomic E-state index is 0.0259. The lowest BCUT2D eigenvalue weighted by Crippen LogP contribution is -2.55. The summed E-state index contributed by atoms with van der Waals surface area (Å²) in [7, 11) is 2.15. The largest absolute Gasteiger partial charge is 0.336 e. The molecule has 2 aliphatic heterocycles. The van der Waals surface area contributed by atoms with Crippen LogP contribution >= 0.6 is 0 Å². The highest BCUT2D eigenvalue weighted by Gasteiger charge is 2.27. The molecule has 1 atom stereocenters. The number of piperazine rings is 1. The number of hydrogen-bond acceptors (Lipinski definition) is 8. The van der Waals surface area contributed by atoms with Crippen molar-refractivity contribution in [2.24, 2.45) is 0 Å². The third-order valence-corrected chi connectivity index (χ3v) is 7.82. The zero-order valence-corrected chi connectivity index (χ0v) is 22.3.